The number of benzene rings is 1. The SMILES string of the molecule is COc1ccc(CN(CC(F)(F)F)C(C)C)c(N)c1. The van der Waals surface area contributed by atoms with Gasteiger partial charge in [-0.05, 0) is 25.5 Å². The highest BCUT2D eigenvalue weighted by Crippen LogP contribution is 2.24. The van der Waals surface area contributed by atoms with Crippen LogP contribution in [0.15, 0.2) is 18.2 Å². The van der Waals surface area contributed by atoms with Gasteiger partial charge in [-0.3, -0.25) is 4.90 Å². The predicted octanol–water partition coefficient (Wildman–Crippen LogP) is 3.05. The maximum atomic E-state index is 12.5. The Morgan fingerprint density at radius 3 is 2.37 bits per heavy atom. The van der Waals surface area contributed by atoms with Crippen LogP contribution in [0.5, 0.6) is 5.75 Å². The third-order valence-corrected chi connectivity index (χ3v) is 2.84. The van der Waals surface area contributed by atoms with E-state index < -0.39 is 12.7 Å². The Morgan fingerprint density at radius 2 is 1.95 bits per heavy atom. The van der Waals surface area contributed by atoms with Crippen LogP contribution < -0.4 is 10.5 Å². The number of halogens is 3. The first-order valence-electron chi connectivity index (χ1n) is 5.96. The molecule has 6 heteroatoms. The third kappa shape index (κ3) is 4.98. The number of ether oxygens (including phenoxy) is 1. The van der Waals surface area contributed by atoms with Crippen LogP contribution in [0.3, 0.4) is 0 Å². The zero-order valence-electron chi connectivity index (χ0n) is 11.3. The van der Waals surface area contributed by atoms with E-state index in [4.69, 9.17) is 10.5 Å². The molecular formula is C13H19F3N2O. The van der Waals surface area contributed by atoms with Gasteiger partial charge >= 0.3 is 6.18 Å². The molecule has 1 aromatic rings. The number of anilines is 1. The molecule has 0 fully saturated rings. The summed E-state index contributed by atoms with van der Waals surface area (Å²) in [6.45, 7) is 2.67. The molecule has 0 heterocycles. The monoisotopic (exact) mass is 276 g/mol. The van der Waals surface area contributed by atoms with Gasteiger partial charge in [0.1, 0.15) is 5.75 Å². The molecule has 0 atom stereocenters. The van der Waals surface area contributed by atoms with E-state index in [0.717, 1.165) is 0 Å². The number of nitrogens with two attached hydrogens (primary N) is 1. The maximum absolute atomic E-state index is 12.5. The van der Waals surface area contributed by atoms with Crippen LogP contribution >= 0.6 is 0 Å². The van der Waals surface area contributed by atoms with E-state index in [2.05, 4.69) is 0 Å². The fourth-order valence-corrected chi connectivity index (χ4v) is 1.71. The molecule has 0 aliphatic rings. The second-order valence-electron chi connectivity index (χ2n) is 4.68. The Kier molecular flexibility index (Phi) is 5.05. The minimum Gasteiger partial charge on any atom is -0.497 e. The van der Waals surface area contributed by atoms with E-state index in [1.807, 2.05) is 0 Å². The van der Waals surface area contributed by atoms with E-state index >= 15 is 0 Å². The smallest absolute Gasteiger partial charge is 0.401 e. The lowest BCUT2D eigenvalue weighted by atomic mass is 10.1. The lowest BCUT2D eigenvalue weighted by molar-refractivity contribution is -0.150. The molecule has 19 heavy (non-hydrogen) atoms. The molecule has 0 aromatic heterocycles. The van der Waals surface area contributed by atoms with Crippen molar-refractivity contribution in [2.45, 2.75) is 32.6 Å². The van der Waals surface area contributed by atoms with Crippen LogP contribution in [0, 0.1) is 0 Å². The van der Waals surface area contributed by atoms with Crippen molar-refractivity contribution in [1.82, 2.24) is 4.90 Å². The van der Waals surface area contributed by atoms with Gasteiger partial charge in [0.2, 0.25) is 0 Å². The molecule has 0 aliphatic carbocycles. The van der Waals surface area contributed by atoms with Crippen LogP contribution in [0.1, 0.15) is 19.4 Å². The van der Waals surface area contributed by atoms with Gasteiger partial charge in [-0.2, -0.15) is 13.2 Å². The first kappa shape index (κ1) is 15.6. The number of nitrogens with zero attached hydrogens (tertiary/aromatic N) is 1. The van der Waals surface area contributed by atoms with Crippen molar-refractivity contribution in [1.29, 1.82) is 0 Å². The summed E-state index contributed by atoms with van der Waals surface area (Å²) in [6.07, 6.45) is -4.22. The summed E-state index contributed by atoms with van der Waals surface area (Å²) < 4.78 is 42.5. The molecule has 108 valence electrons. The van der Waals surface area contributed by atoms with E-state index in [0.29, 0.717) is 17.0 Å². The number of nitrogen functional groups attached to an aromatic ring is 1. The van der Waals surface area contributed by atoms with Crippen molar-refractivity contribution in [3.63, 3.8) is 0 Å². The normalized spacial score (nSPS) is 12.2. The first-order chi connectivity index (χ1) is 8.73. The minimum atomic E-state index is -4.22. The highest BCUT2D eigenvalue weighted by atomic mass is 19.4. The summed E-state index contributed by atoms with van der Waals surface area (Å²) in [5.74, 6) is 0.591. The van der Waals surface area contributed by atoms with Crippen LogP contribution in [-0.2, 0) is 6.54 Å². The topological polar surface area (TPSA) is 38.5 Å². The van der Waals surface area contributed by atoms with E-state index in [1.165, 1.54) is 12.0 Å². The van der Waals surface area contributed by atoms with Gasteiger partial charge in [0, 0.05) is 24.3 Å². The van der Waals surface area contributed by atoms with Gasteiger partial charge in [0.25, 0.3) is 0 Å². The van der Waals surface area contributed by atoms with Crippen LogP contribution in [0.4, 0.5) is 18.9 Å². The van der Waals surface area contributed by atoms with Gasteiger partial charge in [-0.1, -0.05) is 6.07 Å². The first-order valence-corrected chi connectivity index (χ1v) is 5.96. The highest BCUT2D eigenvalue weighted by molar-refractivity contribution is 5.51. The van der Waals surface area contributed by atoms with Gasteiger partial charge < -0.3 is 10.5 Å². The zero-order valence-corrected chi connectivity index (χ0v) is 11.3. The average Bonchev–Trinajstić information content (AvgIpc) is 2.28. The Balaban J connectivity index is 2.85. The van der Waals surface area contributed by atoms with Crippen molar-refractivity contribution < 1.29 is 17.9 Å². The second-order valence-corrected chi connectivity index (χ2v) is 4.68. The molecule has 0 saturated heterocycles. The maximum Gasteiger partial charge on any atom is 0.401 e. The predicted molar refractivity (Wildman–Crippen MR) is 69.0 cm³/mol. The largest absolute Gasteiger partial charge is 0.497 e. The summed E-state index contributed by atoms with van der Waals surface area (Å²) in [7, 11) is 1.51. The van der Waals surface area contributed by atoms with Crippen molar-refractivity contribution in [2.24, 2.45) is 0 Å². The summed E-state index contributed by atoms with van der Waals surface area (Å²) >= 11 is 0. The van der Waals surface area contributed by atoms with E-state index in [1.54, 1.807) is 32.0 Å². The minimum absolute atomic E-state index is 0.160. The van der Waals surface area contributed by atoms with E-state index in [9.17, 15) is 13.2 Å². The molecule has 0 radical (unpaired) electrons. The molecule has 0 unspecified atom stereocenters. The number of hydrogen-bond acceptors (Lipinski definition) is 3. The van der Waals surface area contributed by atoms with Crippen LogP contribution in [0.25, 0.3) is 0 Å². The molecule has 0 amide bonds. The van der Waals surface area contributed by atoms with E-state index in [-0.39, 0.29) is 12.6 Å². The summed E-state index contributed by atoms with van der Waals surface area (Å²) in [6, 6.07) is 4.78. The number of methoxy groups -OCH3 is 1. The van der Waals surface area contributed by atoms with Gasteiger partial charge in [0.05, 0.1) is 13.7 Å². The highest BCUT2D eigenvalue weighted by Gasteiger charge is 2.31. The Bertz CT molecular complexity index is 419. The fourth-order valence-electron chi connectivity index (χ4n) is 1.71. The lowest BCUT2D eigenvalue weighted by Crippen LogP contribution is -2.38. The molecule has 1 rings (SSSR count). The third-order valence-electron chi connectivity index (χ3n) is 2.84. The quantitative estimate of drug-likeness (QED) is 0.840. The summed E-state index contributed by atoms with van der Waals surface area (Å²) in [5.41, 5.74) is 6.92. The van der Waals surface area contributed by atoms with Crippen molar-refractivity contribution in [3.8, 4) is 5.75 Å². The molecule has 0 bridgehead atoms. The van der Waals surface area contributed by atoms with Crippen molar-refractivity contribution in [3.05, 3.63) is 23.8 Å². The van der Waals surface area contributed by atoms with Crippen LogP contribution in [-0.4, -0.2) is 30.8 Å². The zero-order chi connectivity index (χ0) is 14.6. The van der Waals surface area contributed by atoms with Crippen molar-refractivity contribution in [2.75, 3.05) is 19.4 Å². The molecular weight excluding hydrogens is 257 g/mol. The molecule has 0 spiro atoms. The molecule has 2 N–H and O–H groups in total. The molecule has 3 nitrogen and oxygen atoms in total. The fraction of sp³-hybridized carbons (Fsp3) is 0.538. The molecule has 1 aromatic carbocycles. The second kappa shape index (κ2) is 6.14. The number of alkyl halides is 3. The summed E-state index contributed by atoms with van der Waals surface area (Å²) in [5, 5.41) is 0. The Hall–Kier alpha value is -1.43. The van der Waals surface area contributed by atoms with Crippen molar-refractivity contribution >= 4 is 5.69 Å². The standard InChI is InChI=1S/C13H19F3N2O/c1-9(2)18(8-13(14,15)16)7-10-4-5-11(19-3)6-12(10)17/h4-6,9H,7-8,17H2,1-3H3. The Labute approximate surface area is 111 Å². The van der Waals surface area contributed by atoms with Crippen LogP contribution in [0.2, 0.25) is 0 Å². The van der Waals surface area contributed by atoms with Gasteiger partial charge in [0.15, 0.2) is 0 Å². The molecule has 0 saturated carbocycles. The average molecular weight is 276 g/mol. The lowest BCUT2D eigenvalue weighted by Gasteiger charge is -2.28. The molecule has 0 aliphatic heterocycles. The summed E-state index contributed by atoms with van der Waals surface area (Å²) in [4.78, 5) is 1.33. The van der Waals surface area contributed by atoms with Gasteiger partial charge in [-0.15, -0.1) is 0 Å². The number of hydrogen-bond donors (Lipinski definition) is 1. The number of rotatable bonds is 5. The van der Waals surface area contributed by atoms with Gasteiger partial charge in [-0.25, -0.2) is 0 Å². The Morgan fingerprint density at radius 1 is 1.32 bits per heavy atom.